The summed E-state index contributed by atoms with van der Waals surface area (Å²) in [5, 5.41) is 3.20. The molecule has 1 heterocycles. The number of amides is 3. The predicted molar refractivity (Wildman–Crippen MR) is 102 cm³/mol. The van der Waals surface area contributed by atoms with Crippen molar-refractivity contribution in [1.82, 2.24) is 21.2 Å². The number of hydrogen-bond donors (Lipinski definition) is 3. The van der Waals surface area contributed by atoms with Crippen LogP contribution in [0.4, 0.5) is 0 Å². The lowest BCUT2D eigenvalue weighted by Crippen LogP contribution is -2.52. The van der Waals surface area contributed by atoms with Crippen molar-refractivity contribution in [2.45, 2.75) is 26.3 Å². The molecule has 0 aliphatic rings. The van der Waals surface area contributed by atoms with Gasteiger partial charge in [0.15, 0.2) is 0 Å². The average Bonchev–Trinajstić information content (AvgIpc) is 2.66. The minimum atomic E-state index is -0.808. The minimum absolute atomic E-state index is 0.151. The van der Waals surface area contributed by atoms with Gasteiger partial charge in [-0.2, -0.15) is 0 Å². The number of hydrazine groups is 1. The second-order valence-electron chi connectivity index (χ2n) is 6.32. The summed E-state index contributed by atoms with van der Waals surface area (Å²) < 4.78 is 0. The number of carbonyl (C=O) groups excluding carboxylic acids is 3. The standard InChI is InChI=1S/C19H21ClN4O3/c1-12(2)11-16(22-17(25)13-6-8-14(20)9-7-13)19(27)24-23-18(26)15-5-3-4-10-21-15/h3-10,12,16H,11H2,1-2H3,(H,22,25)(H,23,26)(H,24,27)/t16-/m0/s1. The third-order valence-electron chi connectivity index (χ3n) is 3.63. The molecule has 0 radical (unpaired) electrons. The number of aromatic nitrogens is 1. The lowest BCUT2D eigenvalue weighted by molar-refractivity contribution is -0.124. The Hall–Kier alpha value is -2.93. The first kappa shape index (κ1) is 20.4. The summed E-state index contributed by atoms with van der Waals surface area (Å²) in [4.78, 5) is 40.7. The molecule has 0 bridgehead atoms. The highest BCUT2D eigenvalue weighted by atomic mass is 35.5. The lowest BCUT2D eigenvalue weighted by Gasteiger charge is -2.20. The van der Waals surface area contributed by atoms with E-state index in [9.17, 15) is 14.4 Å². The van der Waals surface area contributed by atoms with Gasteiger partial charge in [0.05, 0.1) is 0 Å². The van der Waals surface area contributed by atoms with Gasteiger partial charge in [0.1, 0.15) is 11.7 Å². The third-order valence-corrected chi connectivity index (χ3v) is 3.88. The van der Waals surface area contributed by atoms with Crippen LogP contribution in [0.5, 0.6) is 0 Å². The van der Waals surface area contributed by atoms with E-state index in [4.69, 9.17) is 11.6 Å². The van der Waals surface area contributed by atoms with Gasteiger partial charge >= 0.3 is 0 Å². The van der Waals surface area contributed by atoms with Crippen LogP contribution in [0.15, 0.2) is 48.7 Å². The van der Waals surface area contributed by atoms with E-state index < -0.39 is 23.8 Å². The first-order valence-electron chi connectivity index (χ1n) is 8.44. The Morgan fingerprint density at radius 3 is 2.30 bits per heavy atom. The molecule has 1 atom stereocenters. The fraction of sp³-hybridized carbons (Fsp3) is 0.263. The van der Waals surface area contributed by atoms with Gasteiger partial charge in [-0.05, 0) is 48.7 Å². The molecule has 0 saturated carbocycles. The number of hydrogen-bond acceptors (Lipinski definition) is 4. The van der Waals surface area contributed by atoms with Crippen molar-refractivity contribution < 1.29 is 14.4 Å². The van der Waals surface area contributed by atoms with Crippen LogP contribution in [-0.2, 0) is 4.79 Å². The second kappa shape index (κ2) is 9.68. The van der Waals surface area contributed by atoms with Gasteiger partial charge in [-0.3, -0.25) is 30.2 Å². The third kappa shape index (κ3) is 6.38. The van der Waals surface area contributed by atoms with Crippen molar-refractivity contribution in [2.24, 2.45) is 5.92 Å². The van der Waals surface area contributed by atoms with Gasteiger partial charge < -0.3 is 5.32 Å². The van der Waals surface area contributed by atoms with E-state index in [0.717, 1.165) is 0 Å². The monoisotopic (exact) mass is 388 g/mol. The van der Waals surface area contributed by atoms with Crippen molar-refractivity contribution >= 4 is 29.3 Å². The molecule has 0 unspecified atom stereocenters. The largest absolute Gasteiger partial charge is 0.340 e. The highest BCUT2D eigenvalue weighted by Gasteiger charge is 2.23. The molecule has 0 aliphatic heterocycles. The Bertz CT molecular complexity index is 794. The Labute approximate surface area is 162 Å². The van der Waals surface area contributed by atoms with Crippen LogP contribution < -0.4 is 16.2 Å². The van der Waals surface area contributed by atoms with Crippen LogP contribution in [0.25, 0.3) is 0 Å². The van der Waals surface area contributed by atoms with E-state index >= 15 is 0 Å². The number of carbonyl (C=O) groups is 3. The molecule has 2 aromatic rings. The summed E-state index contributed by atoms with van der Waals surface area (Å²) in [5.74, 6) is -1.31. The summed E-state index contributed by atoms with van der Waals surface area (Å²) in [7, 11) is 0. The van der Waals surface area contributed by atoms with Crippen LogP contribution in [0.2, 0.25) is 5.02 Å². The quantitative estimate of drug-likeness (QED) is 0.661. The molecular weight excluding hydrogens is 368 g/mol. The maximum Gasteiger partial charge on any atom is 0.288 e. The molecule has 2 rings (SSSR count). The maximum absolute atomic E-state index is 12.5. The van der Waals surface area contributed by atoms with Gasteiger partial charge in [-0.25, -0.2) is 0 Å². The summed E-state index contributed by atoms with van der Waals surface area (Å²) >= 11 is 5.82. The second-order valence-corrected chi connectivity index (χ2v) is 6.76. The van der Waals surface area contributed by atoms with Crippen LogP contribution >= 0.6 is 11.6 Å². The number of nitrogens with zero attached hydrogens (tertiary/aromatic N) is 1. The molecule has 1 aromatic heterocycles. The lowest BCUT2D eigenvalue weighted by atomic mass is 10.0. The molecule has 27 heavy (non-hydrogen) atoms. The van der Waals surface area contributed by atoms with Crippen LogP contribution in [0.3, 0.4) is 0 Å². The first-order chi connectivity index (χ1) is 12.9. The van der Waals surface area contributed by atoms with Crippen LogP contribution in [-0.4, -0.2) is 28.7 Å². The van der Waals surface area contributed by atoms with E-state index in [1.165, 1.54) is 12.3 Å². The number of benzene rings is 1. The van der Waals surface area contributed by atoms with Gasteiger partial charge in [0.2, 0.25) is 0 Å². The Balaban J connectivity index is 1.99. The summed E-state index contributed by atoms with van der Waals surface area (Å²) in [5.41, 5.74) is 5.20. The molecule has 0 fully saturated rings. The van der Waals surface area contributed by atoms with Crippen molar-refractivity contribution in [2.75, 3.05) is 0 Å². The van der Waals surface area contributed by atoms with Crippen molar-refractivity contribution in [3.8, 4) is 0 Å². The SMILES string of the molecule is CC(C)C[C@H](NC(=O)c1ccc(Cl)cc1)C(=O)NNC(=O)c1ccccn1. The smallest absolute Gasteiger partial charge is 0.288 e. The van der Waals surface area contributed by atoms with Gasteiger partial charge in [0, 0.05) is 16.8 Å². The Morgan fingerprint density at radius 1 is 1.00 bits per heavy atom. The van der Waals surface area contributed by atoms with Crippen LogP contribution in [0, 0.1) is 5.92 Å². The van der Waals surface area contributed by atoms with Crippen molar-refractivity contribution in [3.63, 3.8) is 0 Å². The zero-order valence-corrected chi connectivity index (χ0v) is 15.8. The molecule has 0 saturated heterocycles. The molecule has 0 spiro atoms. The number of halogens is 1. The fourth-order valence-electron chi connectivity index (χ4n) is 2.31. The highest BCUT2D eigenvalue weighted by Crippen LogP contribution is 2.11. The number of nitrogens with one attached hydrogen (secondary N) is 3. The molecular formula is C19H21ClN4O3. The summed E-state index contributed by atoms with van der Waals surface area (Å²) in [6.07, 6.45) is 1.88. The van der Waals surface area contributed by atoms with E-state index in [1.807, 2.05) is 13.8 Å². The van der Waals surface area contributed by atoms with Crippen molar-refractivity contribution in [1.29, 1.82) is 0 Å². The first-order valence-corrected chi connectivity index (χ1v) is 8.82. The summed E-state index contributed by atoms with van der Waals surface area (Å²) in [6.45, 7) is 3.86. The topological polar surface area (TPSA) is 100 Å². The van der Waals surface area contributed by atoms with E-state index in [2.05, 4.69) is 21.2 Å². The zero-order chi connectivity index (χ0) is 19.8. The van der Waals surface area contributed by atoms with E-state index in [-0.39, 0.29) is 11.6 Å². The number of pyridine rings is 1. The van der Waals surface area contributed by atoms with E-state index in [0.29, 0.717) is 17.0 Å². The maximum atomic E-state index is 12.5. The van der Waals surface area contributed by atoms with Crippen molar-refractivity contribution in [3.05, 3.63) is 64.9 Å². The normalized spacial score (nSPS) is 11.6. The molecule has 1 aromatic carbocycles. The Morgan fingerprint density at radius 2 is 1.70 bits per heavy atom. The molecule has 0 aliphatic carbocycles. The predicted octanol–water partition coefficient (Wildman–Crippen LogP) is 2.34. The Kier molecular flexibility index (Phi) is 7.31. The fourth-order valence-corrected chi connectivity index (χ4v) is 2.44. The molecule has 3 amide bonds. The van der Waals surface area contributed by atoms with E-state index in [1.54, 1.807) is 36.4 Å². The highest BCUT2D eigenvalue weighted by molar-refractivity contribution is 6.30. The van der Waals surface area contributed by atoms with Gasteiger partial charge in [-0.15, -0.1) is 0 Å². The van der Waals surface area contributed by atoms with Gasteiger partial charge in [-0.1, -0.05) is 31.5 Å². The molecule has 142 valence electrons. The van der Waals surface area contributed by atoms with Gasteiger partial charge in [0.25, 0.3) is 17.7 Å². The molecule has 7 nitrogen and oxygen atoms in total. The zero-order valence-electron chi connectivity index (χ0n) is 15.0. The molecule has 8 heteroatoms. The number of rotatable bonds is 6. The van der Waals surface area contributed by atoms with Crippen LogP contribution in [0.1, 0.15) is 41.1 Å². The minimum Gasteiger partial charge on any atom is -0.340 e. The summed E-state index contributed by atoms with van der Waals surface area (Å²) in [6, 6.07) is 10.4. The molecule has 3 N–H and O–H groups in total. The average molecular weight is 389 g/mol.